The molecule has 4 rings (SSSR count). The summed E-state index contributed by atoms with van der Waals surface area (Å²) in [5.74, 6) is 2.60. The van der Waals surface area contributed by atoms with Crippen LogP contribution in [0.5, 0.6) is 0 Å². The Bertz CT molecular complexity index is 557. The first kappa shape index (κ1) is 14.1. The monoisotopic (exact) mass is 323 g/mol. The van der Waals surface area contributed by atoms with Gasteiger partial charge in [-0.25, -0.2) is 4.98 Å². The van der Waals surface area contributed by atoms with Crippen LogP contribution in [0.15, 0.2) is 5.51 Å². The summed E-state index contributed by atoms with van der Waals surface area (Å²) in [5, 5.41) is 0. The zero-order valence-electron chi connectivity index (χ0n) is 12.4. The van der Waals surface area contributed by atoms with Crippen LogP contribution in [0.3, 0.4) is 0 Å². The third-order valence-electron chi connectivity index (χ3n) is 5.73. The Morgan fingerprint density at radius 2 is 2.19 bits per heavy atom. The minimum Gasteiger partial charge on any atom is -0.329 e. The van der Waals surface area contributed by atoms with Crippen molar-refractivity contribution in [2.24, 2.45) is 17.8 Å². The van der Waals surface area contributed by atoms with Gasteiger partial charge in [-0.05, 0) is 37.0 Å². The quantitative estimate of drug-likeness (QED) is 0.802. The molecule has 1 amide bonds. The Morgan fingerprint density at radius 1 is 1.38 bits per heavy atom. The topological polar surface area (TPSA) is 36.4 Å². The van der Waals surface area contributed by atoms with Gasteiger partial charge < -0.3 is 4.90 Å². The van der Waals surface area contributed by atoms with Crippen LogP contribution in [0.25, 0.3) is 0 Å². The highest BCUT2D eigenvalue weighted by Gasteiger charge is 2.42. The number of rotatable bonds is 3. The minimum absolute atomic E-state index is 0.171. The number of carbonyl (C=O) groups excluding carboxylic acids is 1. The Hall–Kier alpha value is -0.510. The van der Waals surface area contributed by atoms with Crippen molar-refractivity contribution < 1.29 is 4.79 Å². The van der Waals surface area contributed by atoms with E-state index < -0.39 is 0 Å². The molecule has 0 bridgehead atoms. The van der Waals surface area contributed by atoms with E-state index in [1.165, 1.54) is 32.4 Å². The number of thiazole rings is 1. The summed E-state index contributed by atoms with van der Waals surface area (Å²) in [5.41, 5.74) is 2.51. The molecule has 0 spiro atoms. The van der Waals surface area contributed by atoms with Gasteiger partial charge in [0.2, 0.25) is 0 Å². The van der Waals surface area contributed by atoms with E-state index in [0.29, 0.717) is 11.7 Å². The van der Waals surface area contributed by atoms with Crippen molar-refractivity contribution in [2.45, 2.75) is 38.8 Å². The molecular formula is C15H22N3OPS. The molecule has 0 N–H and O–H groups in total. The van der Waals surface area contributed by atoms with Crippen molar-refractivity contribution in [1.82, 2.24) is 14.6 Å². The molecule has 3 heterocycles. The summed E-state index contributed by atoms with van der Waals surface area (Å²) < 4.78 is 2.32. The average molecular weight is 323 g/mol. The number of fused-ring (bicyclic) bond motifs is 1. The van der Waals surface area contributed by atoms with E-state index in [4.69, 9.17) is 0 Å². The zero-order valence-corrected chi connectivity index (χ0v) is 14.3. The van der Waals surface area contributed by atoms with E-state index in [1.54, 1.807) is 16.8 Å². The lowest BCUT2D eigenvalue weighted by atomic mass is 9.79. The number of aromatic nitrogens is 1. The Morgan fingerprint density at radius 3 is 2.90 bits per heavy atom. The SMILES string of the molecule is CC(C1CCC(N2Cc3scnc3C2=O)C1)C1CN(P)C1. The van der Waals surface area contributed by atoms with Crippen LogP contribution in [0, 0.1) is 17.8 Å². The smallest absolute Gasteiger partial charge is 0.274 e. The summed E-state index contributed by atoms with van der Waals surface area (Å²) in [6, 6.07) is 0.443. The number of nitrogens with zero attached hydrogens (tertiary/aromatic N) is 3. The molecule has 0 aromatic carbocycles. The van der Waals surface area contributed by atoms with Gasteiger partial charge in [0, 0.05) is 19.1 Å². The lowest BCUT2D eigenvalue weighted by Crippen LogP contribution is -2.45. The van der Waals surface area contributed by atoms with Gasteiger partial charge in [-0.1, -0.05) is 16.3 Å². The maximum atomic E-state index is 12.4. The van der Waals surface area contributed by atoms with Crippen LogP contribution < -0.4 is 0 Å². The van der Waals surface area contributed by atoms with Crippen molar-refractivity contribution >= 4 is 26.6 Å². The molecule has 1 aromatic rings. The van der Waals surface area contributed by atoms with E-state index in [0.717, 1.165) is 29.2 Å². The third kappa shape index (κ3) is 2.34. The maximum Gasteiger partial charge on any atom is 0.274 e. The molecule has 1 saturated carbocycles. The van der Waals surface area contributed by atoms with Gasteiger partial charge in [0.15, 0.2) is 0 Å². The first-order valence-corrected chi connectivity index (χ1v) is 9.26. The van der Waals surface area contributed by atoms with Gasteiger partial charge in [0.05, 0.1) is 16.9 Å². The second-order valence-electron chi connectivity index (χ2n) is 6.86. The van der Waals surface area contributed by atoms with Gasteiger partial charge in [0.1, 0.15) is 5.69 Å². The van der Waals surface area contributed by atoms with Crippen LogP contribution in [-0.2, 0) is 6.54 Å². The summed E-state index contributed by atoms with van der Waals surface area (Å²) in [4.78, 5) is 19.9. The second kappa shape index (κ2) is 5.29. The van der Waals surface area contributed by atoms with Crippen LogP contribution in [0.4, 0.5) is 0 Å². The molecule has 4 unspecified atom stereocenters. The second-order valence-corrected chi connectivity index (χ2v) is 8.53. The lowest BCUT2D eigenvalue weighted by molar-refractivity contribution is 0.0683. The van der Waals surface area contributed by atoms with Gasteiger partial charge in [0.25, 0.3) is 5.91 Å². The number of hydrogen-bond donors (Lipinski definition) is 0. The molecule has 1 saturated heterocycles. The fraction of sp³-hybridized carbons (Fsp3) is 0.733. The molecular weight excluding hydrogens is 301 g/mol. The molecule has 114 valence electrons. The lowest BCUT2D eigenvalue weighted by Gasteiger charge is -2.42. The predicted octanol–water partition coefficient (Wildman–Crippen LogP) is 2.63. The van der Waals surface area contributed by atoms with Crippen molar-refractivity contribution in [1.29, 1.82) is 0 Å². The standard InChI is InChI=1S/C15H22N3OPS/c1-9(11-5-17(20)6-11)10-2-3-12(4-10)18-7-13-14(15(18)19)16-8-21-13/h8-12H,2-7,20H2,1H3. The molecule has 4 atom stereocenters. The highest BCUT2D eigenvalue weighted by Crippen LogP contribution is 2.42. The molecule has 3 aliphatic rings. The first-order valence-electron chi connectivity index (χ1n) is 7.86. The van der Waals surface area contributed by atoms with E-state index >= 15 is 0 Å². The minimum atomic E-state index is 0.171. The molecule has 2 fully saturated rings. The van der Waals surface area contributed by atoms with Crippen LogP contribution >= 0.6 is 20.7 Å². The molecule has 2 aliphatic heterocycles. The fourth-order valence-electron chi connectivity index (χ4n) is 4.23. The molecule has 1 aromatic heterocycles. The van der Waals surface area contributed by atoms with Crippen LogP contribution in [0.1, 0.15) is 41.6 Å². The van der Waals surface area contributed by atoms with Gasteiger partial charge in [-0.15, -0.1) is 11.3 Å². The van der Waals surface area contributed by atoms with Crippen LogP contribution in [0.2, 0.25) is 0 Å². The van der Waals surface area contributed by atoms with Crippen molar-refractivity contribution in [3.05, 3.63) is 16.1 Å². The van der Waals surface area contributed by atoms with E-state index in [2.05, 4.69) is 30.9 Å². The Kier molecular flexibility index (Phi) is 3.55. The predicted molar refractivity (Wildman–Crippen MR) is 87.1 cm³/mol. The zero-order chi connectivity index (χ0) is 14.6. The van der Waals surface area contributed by atoms with Gasteiger partial charge >= 0.3 is 0 Å². The number of carbonyl (C=O) groups is 1. The van der Waals surface area contributed by atoms with Crippen LogP contribution in [-0.4, -0.2) is 39.6 Å². The first-order chi connectivity index (χ1) is 10.1. The number of amides is 1. The van der Waals surface area contributed by atoms with E-state index in [1.807, 2.05) is 0 Å². The van der Waals surface area contributed by atoms with E-state index in [9.17, 15) is 4.79 Å². The highest BCUT2D eigenvalue weighted by atomic mass is 32.1. The van der Waals surface area contributed by atoms with Gasteiger partial charge in [-0.3, -0.25) is 9.46 Å². The summed E-state index contributed by atoms with van der Waals surface area (Å²) in [6.07, 6.45) is 3.65. The molecule has 6 heteroatoms. The average Bonchev–Trinajstić information content (AvgIpc) is 3.11. The molecule has 4 nitrogen and oxygen atoms in total. The van der Waals surface area contributed by atoms with Crippen molar-refractivity contribution in [2.75, 3.05) is 13.1 Å². The molecule has 0 radical (unpaired) electrons. The summed E-state index contributed by atoms with van der Waals surface area (Å²) in [7, 11) is 2.80. The Labute approximate surface area is 132 Å². The highest BCUT2D eigenvalue weighted by molar-refractivity contribution is 7.13. The maximum absolute atomic E-state index is 12.4. The van der Waals surface area contributed by atoms with Gasteiger partial charge in [-0.2, -0.15) is 0 Å². The largest absolute Gasteiger partial charge is 0.329 e. The molecule has 1 aliphatic carbocycles. The summed E-state index contributed by atoms with van der Waals surface area (Å²) in [6.45, 7) is 5.65. The van der Waals surface area contributed by atoms with Crippen molar-refractivity contribution in [3.8, 4) is 0 Å². The van der Waals surface area contributed by atoms with E-state index in [-0.39, 0.29) is 5.91 Å². The van der Waals surface area contributed by atoms with Crippen molar-refractivity contribution in [3.63, 3.8) is 0 Å². The summed E-state index contributed by atoms with van der Waals surface area (Å²) >= 11 is 1.62. The normalized spacial score (nSPS) is 31.5. The fourth-order valence-corrected chi connectivity index (χ4v) is 5.53. The third-order valence-corrected chi connectivity index (χ3v) is 6.97. The number of hydrogen-bond acceptors (Lipinski definition) is 4. The molecule has 21 heavy (non-hydrogen) atoms. The Balaban J connectivity index is 1.39.